The minimum Gasteiger partial charge on any atom is -0.347 e. The van der Waals surface area contributed by atoms with E-state index in [9.17, 15) is 0 Å². The predicted molar refractivity (Wildman–Crippen MR) is 84.1 cm³/mol. The number of aromatic nitrogens is 4. The van der Waals surface area contributed by atoms with Crippen LogP contribution in [0, 0.1) is 0 Å². The van der Waals surface area contributed by atoms with Gasteiger partial charge in [-0.25, -0.2) is 9.97 Å². The third-order valence-electron chi connectivity index (χ3n) is 3.57. The predicted octanol–water partition coefficient (Wildman–Crippen LogP) is 3.04. The molecule has 3 heterocycles. The van der Waals surface area contributed by atoms with Gasteiger partial charge in [0.15, 0.2) is 0 Å². The topological polar surface area (TPSA) is 58.5 Å². The number of hydrogen-bond acceptors (Lipinski definition) is 4. The Labute approximate surface area is 128 Å². The van der Waals surface area contributed by atoms with Crippen molar-refractivity contribution in [1.82, 2.24) is 24.8 Å². The van der Waals surface area contributed by atoms with Gasteiger partial charge >= 0.3 is 0 Å². The van der Waals surface area contributed by atoms with Crippen LogP contribution in [0.15, 0.2) is 42.3 Å². The SMILES string of the molecule is CCC(NC(c1cccs1)c1nccn1C)c1ncc[nH]1. The van der Waals surface area contributed by atoms with Gasteiger partial charge in [0.25, 0.3) is 0 Å². The minimum absolute atomic E-state index is 0.0695. The van der Waals surface area contributed by atoms with Gasteiger partial charge in [-0.1, -0.05) is 13.0 Å². The van der Waals surface area contributed by atoms with Crippen LogP contribution in [0.1, 0.15) is 42.0 Å². The van der Waals surface area contributed by atoms with E-state index < -0.39 is 0 Å². The number of H-pyrrole nitrogens is 1. The third-order valence-corrected chi connectivity index (χ3v) is 4.51. The maximum absolute atomic E-state index is 4.52. The quantitative estimate of drug-likeness (QED) is 0.736. The minimum atomic E-state index is 0.0695. The van der Waals surface area contributed by atoms with Crippen LogP contribution in [-0.2, 0) is 7.05 Å². The monoisotopic (exact) mass is 301 g/mol. The van der Waals surface area contributed by atoms with Gasteiger partial charge in [-0.05, 0) is 17.9 Å². The Morgan fingerprint density at radius 3 is 2.86 bits per heavy atom. The van der Waals surface area contributed by atoms with Crippen molar-refractivity contribution in [2.24, 2.45) is 7.05 Å². The largest absolute Gasteiger partial charge is 0.347 e. The van der Waals surface area contributed by atoms with Crippen molar-refractivity contribution >= 4 is 11.3 Å². The summed E-state index contributed by atoms with van der Waals surface area (Å²) >= 11 is 1.74. The third kappa shape index (κ3) is 2.91. The molecule has 0 amide bonds. The molecule has 2 N–H and O–H groups in total. The summed E-state index contributed by atoms with van der Waals surface area (Å²) in [5.74, 6) is 1.98. The lowest BCUT2D eigenvalue weighted by Gasteiger charge is -2.23. The molecule has 5 nitrogen and oxygen atoms in total. The van der Waals surface area contributed by atoms with E-state index in [1.54, 1.807) is 17.5 Å². The number of thiophene rings is 1. The van der Waals surface area contributed by atoms with Crippen LogP contribution in [0.5, 0.6) is 0 Å². The van der Waals surface area contributed by atoms with Crippen LogP contribution in [0.2, 0.25) is 0 Å². The number of nitrogens with one attached hydrogen (secondary N) is 2. The average molecular weight is 301 g/mol. The fourth-order valence-corrected chi connectivity index (χ4v) is 3.24. The molecule has 0 fully saturated rings. The molecule has 0 aliphatic heterocycles. The highest BCUT2D eigenvalue weighted by Crippen LogP contribution is 2.28. The molecule has 0 aromatic carbocycles. The summed E-state index contributed by atoms with van der Waals surface area (Å²) in [4.78, 5) is 13.4. The van der Waals surface area contributed by atoms with Crippen LogP contribution < -0.4 is 5.32 Å². The highest BCUT2D eigenvalue weighted by atomic mass is 32.1. The maximum atomic E-state index is 4.52. The van der Waals surface area contributed by atoms with Crippen LogP contribution in [-0.4, -0.2) is 19.5 Å². The lowest BCUT2D eigenvalue weighted by atomic mass is 10.1. The Hall–Kier alpha value is -1.92. The molecule has 3 rings (SSSR count). The molecule has 0 bridgehead atoms. The normalized spacial score (nSPS) is 14.2. The first-order valence-electron chi connectivity index (χ1n) is 7.05. The molecule has 110 valence electrons. The van der Waals surface area contributed by atoms with E-state index in [0.717, 1.165) is 18.1 Å². The average Bonchev–Trinajstić information content (AvgIpc) is 3.21. The van der Waals surface area contributed by atoms with Crippen LogP contribution in [0.25, 0.3) is 0 Å². The molecule has 3 aromatic heterocycles. The van der Waals surface area contributed by atoms with Crippen molar-refractivity contribution < 1.29 is 0 Å². The van der Waals surface area contributed by atoms with Crippen LogP contribution in [0.3, 0.4) is 0 Å². The standard InChI is InChI=1S/C15H19N5S/c1-3-11(14-16-6-7-17-14)19-13(12-5-4-10-21-12)15-18-8-9-20(15)2/h4-11,13,19H,3H2,1-2H3,(H,16,17). The Morgan fingerprint density at radius 1 is 1.38 bits per heavy atom. The van der Waals surface area contributed by atoms with E-state index in [1.807, 2.05) is 25.6 Å². The number of aryl methyl sites for hydroxylation is 1. The summed E-state index contributed by atoms with van der Waals surface area (Å²) in [6.07, 6.45) is 8.43. The fraction of sp³-hybridized carbons (Fsp3) is 0.333. The number of aromatic amines is 1. The summed E-state index contributed by atoms with van der Waals surface area (Å²) in [5, 5.41) is 5.78. The summed E-state index contributed by atoms with van der Waals surface area (Å²) in [5.41, 5.74) is 0. The summed E-state index contributed by atoms with van der Waals surface area (Å²) < 4.78 is 2.06. The molecule has 0 aliphatic rings. The van der Waals surface area contributed by atoms with Gasteiger partial charge in [-0.2, -0.15) is 0 Å². The Bertz CT molecular complexity index is 656. The number of rotatable bonds is 6. The first-order chi connectivity index (χ1) is 10.3. The first kappa shape index (κ1) is 14.0. The summed E-state index contributed by atoms with van der Waals surface area (Å²) in [7, 11) is 2.03. The van der Waals surface area contributed by atoms with E-state index in [1.165, 1.54) is 4.88 Å². The van der Waals surface area contributed by atoms with E-state index in [0.29, 0.717) is 0 Å². The van der Waals surface area contributed by atoms with Crippen molar-refractivity contribution in [1.29, 1.82) is 0 Å². The lowest BCUT2D eigenvalue weighted by molar-refractivity contribution is 0.443. The van der Waals surface area contributed by atoms with Crippen LogP contribution >= 0.6 is 11.3 Å². The smallest absolute Gasteiger partial charge is 0.131 e. The molecular formula is C15H19N5S. The molecule has 6 heteroatoms. The van der Waals surface area contributed by atoms with Gasteiger partial charge in [0.1, 0.15) is 17.7 Å². The molecule has 0 saturated heterocycles. The highest BCUT2D eigenvalue weighted by Gasteiger charge is 2.23. The second kappa shape index (κ2) is 6.24. The molecule has 2 atom stereocenters. The van der Waals surface area contributed by atoms with E-state index in [4.69, 9.17) is 0 Å². The van der Waals surface area contributed by atoms with Gasteiger partial charge in [-0.15, -0.1) is 11.3 Å². The maximum Gasteiger partial charge on any atom is 0.131 e. The number of nitrogens with zero attached hydrogens (tertiary/aromatic N) is 3. The van der Waals surface area contributed by atoms with Crippen molar-refractivity contribution in [3.63, 3.8) is 0 Å². The molecule has 0 radical (unpaired) electrons. The van der Waals surface area contributed by atoms with E-state index in [2.05, 4.69) is 49.3 Å². The van der Waals surface area contributed by atoms with Crippen molar-refractivity contribution in [3.8, 4) is 0 Å². The molecule has 0 saturated carbocycles. The van der Waals surface area contributed by atoms with Gasteiger partial charge < -0.3 is 9.55 Å². The second-order valence-electron chi connectivity index (χ2n) is 4.95. The highest BCUT2D eigenvalue weighted by molar-refractivity contribution is 7.10. The number of imidazole rings is 2. The Morgan fingerprint density at radius 2 is 2.29 bits per heavy atom. The summed E-state index contributed by atoms with van der Waals surface area (Å²) in [6, 6.07) is 4.46. The summed E-state index contributed by atoms with van der Waals surface area (Å²) in [6.45, 7) is 2.16. The lowest BCUT2D eigenvalue weighted by Crippen LogP contribution is -2.29. The Balaban J connectivity index is 1.91. The Kier molecular flexibility index (Phi) is 4.17. The van der Waals surface area contributed by atoms with Crippen molar-refractivity contribution in [2.75, 3.05) is 0 Å². The van der Waals surface area contributed by atoms with Gasteiger partial charge in [0.05, 0.1) is 6.04 Å². The zero-order valence-electron chi connectivity index (χ0n) is 12.2. The first-order valence-corrected chi connectivity index (χ1v) is 7.93. The zero-order valence-corrected chi connectivity index (χ0v) is 13.0. The molecule has 0 spiro atoms. The second-order valence-corrected chi connectivity index (χ2v) is 5.93. The van der Waals surface area contributed by atoms with Gasteiger partial charge in [0.2, 0.25) is 0 Å². The molecule has 21 heavy (non-hydrogen) atoms. The molecule has 3 aromatic rings. The van der Waals surface area contributed by atoms with Gasteiger partial charge in [-0.3, -0.25) is 5.32 Å². The fourth-order valence-electron chi connectivity index (χ4n) is 2.45. The zero-order chi connectivity index (χ0) is 14.7. The van der Waals surface area contributed by atoms with Gasteiger partial charge in [0, 0.05) is 36.7 Å². The van der Waals surface area contributed by atoms with Crippen LogP contribution in [0.4, 0.5) is 0 Å². The number of hydrogen-bond donors (Lipinski definition) is 2. The van der Waals surface area contributed by atoms with Crippen molar-refractivity contribution in [3.05, 3.63) is 58.8 Å². The van der Waals surface area contributed by atoms with Crippen molar-refractivity contribution in [2.45, 2.75) is 25.4 Å². The van der Waals surface area contributed by atoms with E-state index >= 15 is 0 Å². The molecule has 0 aliphatic carbocycles. The molecule has 2 unspecified atom stereocenters. The molecular weight excluding hydrogens is 282 g/mol. The van der Waals surface area contributed by atoms with E-state index in [-0.39, 0.29) is 12.1 Å².